The lowest BCUT2D eigenvalue weighted by Crippen LogP contribution is -2.07. The third-order valence-electron chi connectivity index (χ3n) is 2.72. The molecule has 0 aliphatic rings. The Bertz CT molecular complexity index is 693. The molecule has 0 radical (unpaired) electrons. The van der Waals surface area contributed by atoms with E-state index in [0.29, 0.717) is 15.6 Å². The van der Waals surface area contributed by atoms with Gasteiger partial charge < -0.3 is 5.32 Å². The van der Waals surface area contributed by atoms with Crippen molar-refractivity contribution in [3.8, 4) is 6.07 Å². The van der Waals surface area contributed by atoms with Gasteiger partial charge in [-0.2, -0.15) is 5.26 Å². The summed E-state index contributed by atoms with van der Waals surface area (Å²) in [5.41, 5.74) is 0.638. The van der Waals surface area contributed by atoms with E-state index in [1.807, 2.05) is 19.1 Å². The van der Waals surface area contributed by atoms with Crippen molar-refractivity contribution in [1.82, 2.24) is 0 Å². The van der Waals surface area contributed by atoms with Crippen molar-refractivity contribution in [2.45, 2.75) is 13.0 Å². The van der Waals surface area contributed by atoms with Crippen LogP contribution in [0.1, 0.15) is 23.4 Å². The van der Waals surface area contributed by atoms with Gasteiger partial charge in [-0.15, -0.1) is 11.3 Å². The second-order valence-electron chi connectivity index (χ2n) is 4.11. The second-order valence-corrected chi connectivity index (χ2v) is 5.86. The monoisotopic (exact) mass is 307 g/mol. The molecule has 0 aliphatic heterocycles. The highest BCUT2D eigenvalue weighted by molar-refractivity contribution is 7.16. The molecule has 0 fully saturated rings. The largest absolute Gasteiger partial charge is 0.372 e. The van der Waals surface area contributed by atoms with Crippen LogP contribution in [0.3, 0.4) is 0 Å². The first-order valence-electron chi connectivity index (χ1n) is 5.71. The first kappa shape index (κ1) is 14.3. The number of nitrogens with one attached hydrogen (secondary N) is 1. The number of benzene rings is 1. The Kier molecular flexibility index (Phi) is 4.23. The molecule has 1 atom stereocenters. The van der Waals surface area contributed by atoms with E-state index in [9.17, 15) is 10.1 Å². The Morgan fingerprint density at radius 3 is 2.75 bits per heavy atom. The smallest absolute Gasteiger partial charge is 0.292 e. The van der Waals surface area contributed by atoms with Gasteiger partial charge in [0, 0.05) is 10.9 Å². The summed E-state index contributed by atoms with van der Waals surface area (Å²) in [5, 5.41) is 22.9. The Labute approximate surface area is 124 Å². The van der Waals surface area contributed by atoms with Gasteiger partial charge >= 0.3 is 0 Å². The van der Waals surface area contributed by atoms with Crippen molar-refractivity contribution >= 4 is 34.3 Å². The molecule has 2 rings (SSSR count). The predicted molar refractivity (Wildman–Crippen MR) is 79.2 cm³/mol. The molecule has 0 spiro atoms. The van der Waals surface area contributed by atoms with Gasteiger partial charge in [-0.05, 0) is 31.2 Å². The Balaban J connectivity index is 2.32. The van der Waals surface area contributed by atoms with Gasteiger partial charge in [0.1, 0.15) is 5.69 Å². The molecular weight excluding hydrogens is 298 g/mol. The Morgan fingerprint density at radius 1 is 1.45 bits per heavy atom. The van der Waals surface area contributed by atoms with Crippen LogP contribution in [0.2, 0.25) is 4.34 Å². The number of hydrogen-bond acceptors (Lipinski definition) is 5. The molecule has 0 saturated heterocycles. The van der Waals surface area contributed by atoms with Crippen LogP contribution in [0.25, 0.3) is 0 Å². The third kappa shape index (κ3) is 3.07. The maximum atomic E-state index is 11.0. The van der Waals surface area contributed by atoms with E-state index in [1.54, 1.807) is 6.07 Å². The summed E-state index contributed by atoms with van der Waals surface area (Å²) in [5.74, 6) is 0. The van der Waals surface area contributed by atoms with E-state index >= 15 is 0 Å². The summed E-state index contributed by atoms with van der Waals surface area (Å²) in [4.78, 5) is 11.5. The van der Waals surface area contributed by atoms with E-state index in [0.717, 1.165) is 4.88 Å². The van der Waals surface area contributed by atoms with Crippen LogP contribution in [0.15, 0.2) is 30.3 Å². The minimum atomic E-state index is -0.475. The van der Waals surface area contributed by atoms with Crippen molar-refractivity contribution in [3.63, 3.8) is 0 Å². The van der Waals surface area contributed by atoms with Gasteiger partial charge in [0.05, 0.1) is 26.9 Å². The molecule has 20 heavy (non-hydrogen) atoms. The fraction of sp³-hybridized carbons (Fsp3) is 0.154. The number of nitro groups is 1. The van der Waals surface area contributed by atoms with Crippen molar-refractivity contribution in [3.05, 3.63) is 55.2 Å². The molecule has 1 N–H and O–H groups in total. The maximum Gasteiger partial charge on any atom is 0.292 e. The molecule has 2 aromatic rings. The lowest BCUT2D eigenvalue weighted by atomic mass is 10.1. The van der Waals surface area contributed by atoms with Gasteiger partial charge in [0.25, 0.3) is 5.69 Å². The van der Waals surface area contributed by atoms with Crippen LogP contribution >= 0.6 is 22.9 Å². The molecule has 1 aromatic carbocycles. The Hall–Kier alpha value is -2.10. The lowest BCUT2D eigenvalue weighted by molar-refractivity contribution is -0.384. The number of hydrogen-bond donors (Lipinski definition) is 1. The average molecular weight is 308 g/mol. The summed E-state index contributed by atoms with van der Waals surface area (Å²) >= 11 is 7.28. The van der Waals surface area contributed by atoms with E-state index in [4.69, 9.17) is 16.9 Å². The predicted octanol–water partition coefficient (Wildman–Crippen LogP) is 4.35. The summed E-state index contributed by atoms with van der Waals surface area (Å²) in [6, 6.07) is 9.71. The highest BCUT2D eigenvalue weighted by Gasteiger charge is 2.17. The third-order valence-corrected chi connectivity index (χ3v) is 4.13. The minimum Gasteiger partial charge on any atom is -0.372 e. The number of halogens is 1. The van der Waals surface area contributed by atoms with Crippen LogP contribution in [0, 0.1) is 21.4 Å². The van der Waals surface area contributed by atoms with E-state index in [1.165, 1.54) is 29.5 Å². The van der Waals surface area contributed by atoms with Crippen LogP contribution < -0.4 is 5.32 Å². The first-order valence-corrected chi connectivity index (χ1v) is 6.91. The zero-order chi connectivity index (χ0) is 14.7. The fourth-order valence-electron chi connectivity index (χ4n) is 1.75. The van der Waals surface area contributed by atoms with Gasteiger partial charge in [0.2, 0.25) is 0 Å². The molecule has 0 aliphatic carbocycles. The molecule has 7 heteroatoms. The summed E-state index contributed by atoms with van der Waals surface area (Å²) < 4.78 is 0.661. The molecule has 102 valence electrons. The standard InChI is InChI=1S/C13H10ClN3O2S/c1-8(12-4-5-13(14)20-12)16-10-6-9(7-15)2-3-11(10)17(18)19/h2-6,8,16H,1H3. The van der Waals surface area contributed by atoms with Crippen molar-refractivity contribution in [2.24, 2.45) is 0 Å². The number of nitriles is 1. The molecule has 0 saturated carbocycles. The minimum absolute atomic E-state index is 0.0569. The first-order chi connectivity index (χ1) is 9.51. The SMILES string of the molecule is CC(Nc1cc(C#N)ccc1[N+](=O)[O-])c1ccc(Cl)s1. The van der Waals surface area contributed by atoms with Crippen LogP contribution in [0.5, 0.6) is 0 Å². The highest BCUT2D eigenvalue weighted by atomic mass is 35.5. The number of thiophene rings is 1. The number of rotatable bonds is 4. The van der Waals surface area contributed by atoms with Gasteiger partial charge in [-0.25, -0.2) is 0 Å². The quantitative estimate of drug-likeness (QED) is 0.672. The molecule has 0 bridgehead atoms. The van der Waals surface area contributed by atoms with E-state index < -0.39 is 4.92 Å². The zero-order valence-electron chi connectivity index (χ0n) is 10.5. The van der Waals surface area contributed by atoms with Crippen molar-refractivity contribution in [2.75, 3.05) is 5.32 Å². The molecule has 5 nitrogen and oxygen atoms in total. The van der Waals surface area contributed by atoms with Crippen LogP contribution in [-0.2, 0) is 0 Å². The molecule has 1 unspecified atom stereocenters. The van der Waals surface area contributed by atoms with Crippen LogP contribution in [-0.4, -0.2) is 4.92 Å². The maximum absolute atomic E-state index is 11.0. The molecule has 1 aromatic heterocycles. The summed E-state index contributed by atoms with van der Waals surface area (Å²) in [6.07, 6.45) is 0. The highest BCUT2D eigenvalue weighted by Crippen LogP contribution is 2.32. The molecule has 1 heterocycles. The number of nitrogens with zero attached hydrogens (tertiary/aromatic N) is 2. The van der Waals surface area contributed by atoms with Gasteiger partial charge in [0.15, 0.2) is 0 Å². The van der Waals surface area contributed by atoms with Crippen molar-refractivity contribution < 1.29 is 4.92 Å². The van der Waals surface area contributed by atoms with Gasteiger partial charge in [-0.3, -0.25) is 10.1 Å². The average Bonchev–Trinajstić information content (AvgIpc) is 2.85. The number of anilines is 1. The van der Waals surface area contributed by atoms with E-state index in [-0.39, 0.29) is 11.7 Å². The summed E-state index contributed by atoms with van der Waals surface area (Å²) in [6.45, 7) is 1.88. The fourth-order valence-corrected chi connectivity index (χ4v) is 2.81. The summed E-state index contributed by atoms with van der Waals surface area (Å²) in [7, 11) is 0. The second kappa shape index (κ2) is 5.90. The van der Waals surface area contributed by atoms with Crippen LogP contribution in [0.4, 0.5) is 11.4 Å². The normalized spacial score (nSPS) is 11.7. The zero-order valence-corrected chi connectivity index (χ0v) is 12.0. The topological polar surface area (TPSA) is 79.0 Å². The molecule has 0 amide bonds. The molecular formula is C13H10ClN3O2S. The number of nitro benzene ring substituents is 1. The van der Waals surface area contributed by atoms with Gasteiger partial charge in [-0.1, -0.05) is 11.6 Å². The Morgan fingerprint density at radius 2 is 2.20 bits per heavy atom. The lowest BCUT2D eigenvalue weighted by Gasteiger charge is -2.13. The van der Waals surface area contributed by atoms with Crippen molar-refractivity contribution in [1.29, 1.82) is 5.26 Å². The van der Waals surface area contributed by atoms with E-state index in [2.05, 4.69) is 5.32 Å².